The number of nitro groups is 2. The first kappa shape index (κ1) is 14.0. The third-order valence-electron chi connectivity index (χ3n) is 3.51. The molecule has 8 heteroatoms. The highest BCUT2D eigenvalue weighted by molar-refractivity contribution is 5.87. The molecule has 0 aromatic heterocycles. The number of rotatable bonds is 5. The zero-order valence-electron chi connectivity index (χ0n) is 11.3. The molecule has 3 N–H and O–H groups in total. The lowest BCUT2D eigenvalue weighted by Crippen LogP contribution is -2.12. The smallest absolute Gasteiger partial charge is 0.322 e. The number of nitrogen functional groups attached to an aromatic ring is 1. The molecule has 108 valence electrons. The van der Waals surface area contributed by atoms with Crippen molar-refractivity contribution in [1.82, 2.24) is 0 Å². The minimum Gasteiger partial charge on any atom is -0.393 e. The van der Waals surface area contributed by atoms with E-state index in [9.17, 15) is 20.2 Å². The molecule has 1 aromatic carbocycles. The number of benzene rings is 1. The Balaban J connectivity index is 2.77. The summed E-state index contributed by atoms with van der Waals surface area (Å²) in [6.07, 6.45) is 2.11. The predicted octanol–water partition coefficient (Wildman–Crippen LogP) is 2.53. The third kappa shape index (κ3) is 2.24. The Morgan fingerprint density at radius 3 is 2.20 bits per heavy atom. The first-order valence-electron chi connectivity index (χ1n) is 6.38. The number of anilines is 2. The maximum Gasteiger partial charge on any atom is 0.322 e. The van der Waals surface area contributed by atoms with Crippen LogP contribution in [0.5, 0.6) is 0 Å². The van der Waals surface area contributed by atoms with E-state index in [4.69, 9.17) is 5.73 Å². The molecule has 0 radical (unpaired) electrons. The predicted molar refractivity (Wildman–Crippen MR) is 74.9 cm³/mol. The molecule has 20 heavy (non-hydrogen) atoms. The van der Waals surface area contributed by atoms with Gasteiger partial charge in [-0.1, -0.05) is 6.92 Å². The number of hydrogen-bond acceptors (Lipinski definition) is 6. The Hall–Kier alpha value is -2.38. The number of hydrogen-bond donors (Lipinski definition) is 2. The van der Waals surface area contributed by atoms with Gasteiger partial charge >= 0.3 is 11.4 Å². The van der Waals surface area contributed by atoms with E-state index in [1.165, 1.54) is 0 Å². The van der Waals surface area contributed by atoms with Crippen LogP contribution < -0.4 is 11.1 Å². The van der Waals surface area contributed by atoms with E-state index in [0.717, 1.165) is 12.8 Å². The molecule has 8 nitrogen and oxygen atoms in total. The highest BCUT2D eigenvalue weighted by atomic mass is 16.6. The summed E-state index contributed by atoms with van der Waals surface area (Å²) in [5, 5.41) is 25.4. The molecular formula is C12H16N4O4. The van der Waals surface area contributed by atoms with Crippen molar-refractivity contribution in [3.8, 4) is 0 Å². The van der Waals surface area contributed by atoms with E-state index in [-0.39, 0.29) is 28.8 Å². The zero-order valence-corrected chi connectivity index (χ0v) is 11.3. The Labute approximate surface area is 115 Å². The molecule has 0 unspecified atom stereocenters. The molecule has 0 bridgehead atoms. The maximum atomic E-state index is 11.3. The minimum absolute atomic E-state index is 0.0174. The van der Waals surface area contributed by atoms with Crippen LogP contribution in [0.2, 0.25) is 0 Å². The van der Waals surface area contributed by atoms with Crippen LogP contribution in [-0.2, 0) is 6.42 Å². The fourth-order valence-corrected chi connectivity index (χ4v) is 2.36. The summed E-state index contributed by atoms with van der Waals surface area (Å²) in [6, 6.07) is 0.0543. The summed E-state index contributed by atoms with van der Waals surface area (Å²) in [5.41, 5.74) is 6.04. The topological polar surface area (TPSA) is 124 Å². The second-order valence-electron chi connectivity index (χ2n) is 4.88. The van der Waals surface area contributed by atoms with Gasteiger partial charge in [-0.05, 0) is 31.7 Å². The Kier molecular flexibility index (Phi) is 3.47. The van der Waals surface area contributed by atoms with Crippen LogP contribution in [0.25, 0.3) is 0 Å². The average molecular weight is 280 g/mol. The normalized spacial score (nSPS) is 14.1. The summed E-state index contributed by atoms with van der Waals surface area (Å²) >= 11 is 0. The number of nitrogens with two attached hydrogens (primary N) is 1. The van der Waals surface area contributed by atoms with Gasteiger partial charge in [0.1, 0.15) is 5.69 Å². The summed E-state index contributed by atoms with van der Waals surface area (Å²) in [7, 11) is 0. The number of nitrogens with one attached hydrogen (secondary N) is 1. The van der Waals surface area contributed by atoms with Crippen LogP contribution in [0, 0.1) is 27.2 Å². The third-order valence-corrected chi connectivity index (χ3v) is 3.51. The van der Waals surface area contributed by atoms with Crippen LogP contribution in [0.4, 0.5) is 22.7 Å². The second-order valence-corrected chi connectivity index (χ2v) is 4.88. The van der Waals surface area contributed by atoms with Crippen LogP contribution in [0.3, 0.4) is 0 Å². The van der Waals surface area contributed by atoms with Gasteiger partial charge in [0.25, 0.3) is 0 Å². The lowest BCUT2D eigenvalue weighted by molar-refractivity contribution is -0.392. The lowest BCUT2D eigenvalue weighted by Gasteiger charge is -2.14. The molecule has 0 heterocycles. The minimum atomic E-state index is -0.647. The van der Waals surface area contributed by atoms with E-state index in [1.807, 2.05) is 0 Å². The largest absolute Gasteiger partial charge is 0.393 e. The van der Waals surface area contributed by atoms with Crippen molar-refractivity contribution >= 4 is 22.7 Å². The zero-order chi connectivity index (χ0) is 15.0. The first-order chi connectivity index (χ1) is 9.38. The quantitative estimate of drug-likeness (QED) is 0.485. The molecule has 0 saturated heterocycles. The highest BCUT2D eigenvalue weighted by Gasteiger charge is 2.36. The van der Waals surface area contributed by atoms with Gasteiger partial charge in [-0.2, -0.15) is 0 Å². The Morgan fingerprint density at radius 2 is 1.80 bits per heavy atom. The molecule has 0 atom stereocenters. The number of nitro benzene ring substituents is 2. The van der Waals surface area contributed by atoms with E-state index < -0.39 is 9.85 Å². The Morgan fingerprint density at radius 1 is 1.25 bits per heavy atom. The lowest BCUT2D eigenvalue weighted by atomic mass is 9.99. The highest BCUT2D eigenvalue weighted by Crippen LogP contribution is 2.46. The van der Waals surface area contributed by atoms with Crippen LogP contribution in [0.1, 0.15) is 30.9 Å². The van der Waals surface area contributed by atoms with Crippen molar-refractivity contribution in [2.75, 3.05) is 11.1 Å². The molecule has 1 aliphatic rings. The molecule has 2 rings (SSSR count). The van der Waals surface area contributed by atoms with Gasteiger partial charge < -0.3 is 11.1 Å². The van der Waals surface area contributed by atoms with Crippen LogP contribution in [0.15, 0.2) is 0 Å². The summed E-state index contributed by atoms with van der Waals surface area (Å²) in [5.74, 6) is 0. The average Bonchev–Trinajstić information content (AvgIpc) is 3.12. The fraction of sp³-hybridized carbons (Fsp3) is 0.500. The van der Waals surface area contributed by atoms with E-state index in [2.05, 4.69) is 5.32 Å². The van der Waals surface area contributed by atoms with E-state index in [1.54, 1.807) is 13.8 Å². The fourth-order valence-electron chi connectivity index (χ4n) is 2.36. The van der Waals surface area contributed by atoms with Crippen LogP contribution >= 0.6 is 0 Å². The second kappa shape index (κ2) is 4.95. The summed E-state index contributed by atoms with van der Waals surface area (Å²) in [4.78, 5) is 21.3. The van der Waals surface area contributed by atoms with E-state index in [0.29, 0.717) is 17.5 Å². The number of nitrogens with zero attached hydrogens (tertiary/aromatic N) is 2. The molecule has 0 aliphatic heterocycles. The molecule has 0 amide bonds. The van der Waals surface area contributed by atoms with Crippen molar-refractivity contribution in [2.45, 2.75) is 39.2 Å². The molecule has 1 aromatic rings. The first-order valence-corrected chi connectivity index (χ1v) is 6.38. The monoisotopic (exact) mass is 280 g/mol. The van der Waals surface area contributed by atoms with Gasteiger partial charge in [0.05, 0.1) is 9.85 Å². The SMILES string of the molecule is CCc1c(C)c([N+](=O)[O-])c(NC2CC2)c([N+](=O)[O-])c1N. The maximum absolute atomic E-state index is 11.3. The van der Waals surface area contributed by atoms with Gasteiger partial charge in [0, 0.05) is 11.6 Å². The van der Waals surface area contributed by atoms with Crippen LogP contribution in [-0.4, -0.2) is 15.9 Å². The van der Waals surface area contributed by atoms with Gasteiger partial charge in [0.2, 0.25) is 0 Å². The molecule has 0 spiro atoms. The molecular weight excluding hydrogens is 264 g/mol. The molecule has 1 saturated carbocycles. The standard InChI is InChI=1S/C12H16N4O4/c1-3-8-6(2)11(15(17)18)10(14-7-4-5-7)12(9(8)13)16(19)20/h7,14H,3-5,13H2,1-2H3. The van der Waals surface area contributed by atoms with Gasteiger partial charge in [0.15, 0.2) is 5.69 Å². The molecule has 1 fully saturated rings. The van der Waals surface area contributed by atoms with Crippen molar-refractivity contribution in [3.05, 3.63) is 31.4 Å². The van der Waals surface area contributed by atoms with Crippen molar-refractivity contribution in [3.63, 3.8) is 0 Å². The van der Waals surface area contributed by atoms with Crippen molar-refractivity contribution < 1.29 is 9.85 Å². The van der Waals surface area contributed by atoms with E-state index >= 15 is 0 Å². The van der Waals surface area contributed by atoms with Gasteiger partial charge in [-0.3, -0.25) is 20.2 Å². The van der Waals surface area contributed by atoms with Crippen molar-refractivity contribution in [1.29, 1.82) is 0 Å². The van der Waals surface area contributed by atoms with Crippen molar-refractivity contribution in [2.24, 2.45) is 0 Å². The van der Waals surface area contributed by atoms with Gasteiger partial charge in [-0.25, -0.2) is 0 Å². The van der Waals surface area contributed by atoms with Gasteiger partial charge in [-0.15, -0.1) is 0 Å². The molecule has 1 aliphatic carbocycles. The summed E-state index contributed by atoms with van der Waals surface area (Å²) in [6.45, 7) is 3.34. The Bertz CT molecular complexity index is 555. The summed E-state index contributed by atoms with van der Waals surface area (Å²) < 4.78 is 0.